The van der Waals surface area contributed by atoms with Crippen molar-refractivity contribution in [3.63, 3.8) is 0 Å². The van der Waals surface area contributed by atoms with Crippen molar-refractivity contribution in [2.45, 2.75) is 74.8 Å². The van der Waals surface area contributed by atoms with Crippen molar-refractivity contribution in [2.24, 2.45) is 0 Å². The van der Waals surface area contributed by atoms with Crippen LogP contribution in [0.5, 0.6) is 46.0 Å². The first-order chi connectivity index (χ1) is 26.1. The zero-order valence-electron chi connectivity index (χ0n) is 29.3. The quantitative estimate of drug-likeness (QED) is 0.0915. The third-order valence-corrected chi connectivity index (χ3v) is 9.48. The summed E-state index contributed by atoms with van der Waals surface area (Å²) in [6.45, 7) is 0.764. The van der Waals surface area contributed by atoms with Gasteiger partial charge in [-0.05, 0) is 42.8 Å². The van der Waals surface area contributed by atoms with E-state index in [-0.39, 0.29) is 40.4 Å². The van der Waals surface area contributed by atoms with Crippen LogP contribution in [0.1, 0.15) is 18.1 Å². The van der Waals surface area contributed by atoms with Crippen LogP contribution in [-0.4, -0.2) is 138 Å². The highest BCUT2D eigenvalue weighted by Crippen LogP contribution is 2.43. The average Bonchev–Trinajstić information content (AvgIpc) is 3.15. The lowest BCUT2D eigenvalue weighted by Crippen LogP contribution is -2.61. The number of aliphatic hydroxyl groups is 6. The summed E-state index contributed by atoms with van der Waals surface area (Å²) in [5, 5.41) is 115. The molecule has 19 heteroatoms. The molecule has 0 unspecified atom stereocenters. The largest absolute Gasteiger partial charge is 0.507 e. The number of benzene rings is 3. The minimum absolute atomic E-state index is 0.0183. The molecule has 2 aliphatic heterocycles. The van der Waals surface area contributed by atoms with Gasteiger partial charge in [-0.25, -0.2) is 0 Å². The molecule has 2 aliphatic rings. The summed E-state index contributed by atoms with van der Waals surface area (Å²) in [6.07, 6.45) is -16.9. The summed E-state index contributed by atoms with van der Waals surface area (Å²) in [6, 6.07) is 7.02. The van der Waals surface area contributed by atoms with Crippen LogP contribution in [0.4, 0.5) is 0 Å². The second kappa shape index (κ2) is 15.6. The third kappa shape index (κ3) is 7.36. The van der Waals surface area contributed by atoms with Crippen LogP contribution in [0.2, 0.25) is 0 Å². The van der Waals surface area contributed by atoms with Gasteiger partial charge in [0.25, 0.3) is 0 Å². The van der Waals surface area contributed by atoms with E-state index in [9.17, 15) is 61.0 Å². The number of ether oxygens (including phenoxy) is 6. The first kappa shape index (κ1) is 39.6. The van der Waals surface area contributed by atoms with Crippen molar-refractivity contribution in [3.8, 4) is 57.3 Å². The maximum absolute atomic E-state index is 14.3. The van der Waals surface area contributed by atoms with Crippen molar-refractivity contribution in [1.29, 1.82) is 0 Å². The van der Waals surface area contributed by atoms with Crippen molar-refractivity contribution >= 4 is 11.0 Å². The maximum atomic E-state index is 14.3. The van der Waals surface area contributed by atoms with E-state index in [1.807, 2.05) is 0 Å². The Morgan fingerprint density at radius 3 is 1.96 bits per heavy atom. The van der Waals surface area contributed by atoms with E-state index in [0.29, 0.717) is 5.56 Å². The van der Waals surface area contributed by atoms with Gasteiger partial charge in [0.05, 0.1) is 26.9 Å². The highest BCUT2D eigenvalue weighted by atomic mass is 16.7. The predicted molar refractivity (Wildman–Crippen MR) is 184 cm³/mol. The minimum atomic E-state index is -2.04. The monoisotopic (exact) mass is 776 g/mol. The van der Waals surface area contributed by atoms with Crippen LogP contribution in [0.3, 0.4) is 0 Å². The lowest BCUT2D eigenvalue weighted by molar-refractivity contribution is -0.318. The van der Waals surface area contributed by atoms with Gasteiger partial charge in [-0.15, -0.1) is 0 Å². The van der Waals surface area contributed by atoms with Crippen LogP contribution in [-0.2, 0) is 20.6 Å². The number of hydrogen-bond donors (Lipinski definition) is 11. The molecule has 2 fully saturated rings. The van der Waals surface area contributed by atoms with E-state index in [2.05, 4.69) is 0 Å². The van der Waals surface area contributed by atoms with Gasteiger partial charge in [-0.1, -0.05) is 0 Å². The number of phenols is 5. The maximum Gasteiger partial charge on any atom is 0.239 e. The zero-order chi connectivity index (χ0) is 40.0. The summed E-state index contributed by atoms with van der Waals surface area (Å²) < 4.78 is 39.1. The Labute approximate surface area is 310 Å². The van der Waals surface area contributed by atoms with Gasteiger partial charge in [-0.3, -0.25) is 4.79 Å². The molecule has 55 heavy (non-hydrogen) atoms. The smallest absolute Gasteiger partial charge is 0.239 e. The average molecular weight is 777 g/mol. The molecule has 0 aliphatic carbocycles. The molecule has 4 aromatic rings. The molecule has 298 valence electrons. The first-order valence-electron chi connectivity index (χ1n) is 16.7. The summed E-state index contributed by atoms with van der Waals surface area (Å²) in [5.41, 5.74) is -1.25. The zero-order valence-corrected chi connectivity index (χ0v) is 29.3. The highest BCUT2D eigenvalue weighted by molar-refractivity contribution is 5.91. The van der Waals surface area contributed by atoms with Crippen LogP contribution in [0.25, 0.3) is 22.3 Å². The van der Waals surface area contributed by atoms with Crippen LogP contribution in [0.15, 0.2) is 45.6 Å². The number of rotatable bonds is 10. The van der Waals surface area contributed by atoms with Gasteiger partial charge in [0.2, 0.25) is 23.2 Å². The van der Waals surface area contributed by atoms with Crippen LogP contribution < -0.4 is 19.6 Å². The summed E-state index contributed by atoms with van der Waals surface area (Å²) in [5.74, 6) is -4.01. The highest BCUT2D eigenvalue weighted by Gasteiger charge is 2.48. The minimum Gasteiger partial charge on any atom is -0.507 e. The van der Waals surface area contributed by atoms with E-state index in [1.54, 1.807) is 0 Å². The summed E-state index contributed by atoms with van der Waals surface area (Å²) in [7, 11) is 2.61. The summed E-state index contributed by atoms with van der Waals surface area (Å²) >= 11 is 0. The van der Waals surface area contributed by atoms with Crippen molar-refractivity contribution in [2.75, 3.05) is 20.8 Å². The second-order valence-electron chi connectivity index (χ2n) is 13.1. The molecule has 0 bridgehead atoms. The molecule has 0 amide bonds. The van der Waals surface area contributed by atoms with E-state index in [0.717, 1.165) is 18.2 Å². The molecular weight excluding hydrogens is 736 g/mol. The fourth-order valence-electron chi connectivity index (χ4n) is 6.36. The number of phenolic OH excluding ortho intramolecular Hbond substituents is 5. The van der Waals surface area contributed by atoms with Crippen LogP contribution in [0, 0.1) is 0 Å². The normalized spacial score (nSPS) is 28.2. The number of aromatic hydroxyl groups is 5. The lowest BCUT2D eigenvalue weighted by Gasteiger charge is -2.42. The second-order valence-corrected chi connectivity index (χ2v) is 13.1. The Kier molecular flexibility index (Phi) is 11.2. The molecule has 1 aromatic heterocycles. The van der Waals surface area contributed by atoms with Gasteiger partial charge < -0.3 is 89.0 Å². The number of methoxy groups -OCH3 is 2. The summed E-state index contributed by atoms with van der Waals surface area (Å²) in [4.78, 5) is 14.3. The van der Waals surface area contributed by atoms with E-state index in [4.69, 9.17) is 32.8 Å². The van der Waals surface area contributed by atoms with Gasteiger partial charge in [0, 0.05) is 23.6 Å². The first-order valence-corrected chi connectivity index (χ1v) is 16.7. The fraction of sp³-hybridized carbons (Fsp3) is 0.417. The molecule has 2 saturated heterocycles. The third-order valence-electron chi connectivity index (χ3n) is 9.48. The standard InChI is InChI=1S/C36H40O19/c1-12-24(41)28(45)30(47)35(52-12)51-11-22-26(43)29(46)31(48)36(53-22)55-34-27(44)23-19(40)10-17(38)15(6-13-7-20(49-2)25(42)21(8-13)50-3)33(23)54-32(34)14-4-5-16(37)18(39)9-14/h4-5,7-10,12,22,24,26,28-31,35-43,45-48H,6,11H2,1-3H3/t12-,22+,24-,26+,28+,29-,30+,31+,35+,36-/m1/s1. The Hall–Kier alpha value is -5.09. The molecule has 10 atom stereocenters. The van der Waals surface area contributed by atoms with Crippen molar-refractivity contribution < 1.29 is 89.0 Å². The Bertz CT molecular complexity index is 2080. The predicted octanol–water partition coefficient (Wildman–Crippen LogP) is -0.373. The SMILES string of the molecule is COc1cc(Cc2c(O)cc(O)c3c(=O)c(O[C@H]4O[C@@H](CO[C@H]5O[C@H](C)[C@@H](O)[C@H](O)[C@@H]5O)[C@H](O)[C@@H](O)[C@@H]4O)c(-c4ccc(O)c(O)c4)oc23)cc(OC)c1O. The molecule has 3 aromatic carbocycles. The molecule has 6 rings (SSSR count). The molecule has 0 saturated carbocycles. The number of hydrogen-bond acceptors (Lipinski definition) is 19. The Morgan fingerprint density at radius 2 is 1.33 bits per heavy atom. The molecule has 19 nitrogen and oxygen atoms in total. The molecular formula is C36H40O19. The fourth-order valence-corrected chi connectivity index (χ4v) is 6.36. The van der Waals surface area contributed by atoms with Gasteiger partial charge in [0.1, 0.15) is 65.2 Å². The number of fused-ring (bicyclic) bond motifs is 1. The van der Waals surface area contributed by atoms with Crippen molar-refractivity contribution in [3.05, 3.63) is 57.7 Å². The molecule has 0 radical (unpaired) electrons. The molecule has 0 spiro atoms. The van der Waals surface area contributed by atoms with E-state index >= 15 is 0 Å². The van der Waals surface area contributed by atoms with Gasteiger partial charge >= 0.3 is 0 Å². The lowest BCUT2D eigenvalue weighted by atomic mass is 9.98. The topological polar surface area (TPSA) is 308 Å². The van der Waals surface area contributed by atoms with E-state index < -0.39 is 113 Å². The van der Waals surface area contributed by atoms with Gasteiger partial charge in [0.15, 0.2) is 35.0 Å². The number of aliphatic hydroxyl groups excluding tert-OH is 6. The van der Waals surface area contributed by atoms with Crippen LogP contribution >= 0.6 is 0 Å². The molecule has 11 N–H and O–H groups in total. The Morgan fingerprint density at radius 1 is 0.691 bits per heavy atom. The Balaban J connectivity index is 1.42. The van der Waals surface area contributed by atoms with Gasteiger partial charge in [-0.2, -0.15) is 0 Å². The molecule has 3 heterocycles. The van der Waals surface area contributed by atoms with Crippen molar-refractivity contribution in [1.82, 2.24) is 0 Å². The van der Waals surface area contributed by atoms with E-state index in [1.165, 1.54) is 39.3 Å².